The molecule has 11 heavy (non-hydrogen) atoms. The van der Waals surface area contributed by atoms with E-state index in [0.717, 1.165) is 6.54 Å². The molecule has 0 aliphatic heterocycles. The minimum atomic E-state index is 0.333. The maximum atomic E-state index is 5.14. The molecule has 0 aliphatic rings. The van der Waals surface area contributed by atoms with Crippen LogP contribution in [0, 0.1) is 0 Å². The number of hydrogen-bond donors (Lipinski definition) is 2. The smallest absolute Gasteiger partial charge is 0.00179 e. The average Bonchev–Trinajstić information content (AvgIpc) is 1.93. The zero-order valence-electron chi connectivity index (χ0n) is 8.85. The Kier molecular flexibility index (Phi) is 35.1. The second-order valence-electron chi connectivity index (χ2n) is 2.39. The van der Waals surface area contributed by atoms with Crippen molar-refractivity contribution in [1.82, 2.24) is 0 Å². The Morgan fingerprint density at radius 2 is 1.45 bits per heavy atom. The van der Waals surface area contributed by atoms with Gasteiger partial charge in [-0.25, -0.2) is 0 Å². The second-order valence-corrected chi connectivity index (χ2v) is 2.39. The van der Waals surface area contributed by atoms with E-state index in [9.17, 15) is 0 Å². The zero-order valence-corrected chi connectivity index (χ0v) is 8.85. The van der Waals surface area contributed by atoms with Crippen LogP contribution in [0.2, 0.25) is 0 Å². The van der Waals surface area contributed by atoms with Crippen LogP contribution in [-0.2, 0) is 0 Å². The molecule has 0 saturated heterocycles. The standard InChI is InChI=1S/C4H11N.C3H9N.C2H6/c1-2-3-4-5;1-3(2)4;1-2/h2-5H2,1H3;3H,4H2,1-2H3;1-2H3. The highest BCUT2D eigenvalue weighted by molar-refractivity contribution is 4.32. The molecule has 2 nitrogen and oxygen atoms in total. The molecule has 0 spiro atoms. The topological polar surface area (TPSA) is 52.0 Å². The van der Waals surface area contributed by atoms with Crippen LogP contribution in [0.15, 0.2) is 0 Å². The Balaban J connectivity index is -0.0000000965. The van der Waals surface area contributed by atoms with E-state index in [0.29, 0.717) is 6.04 Å². The largest absolute Gasteiger partial charge is 0.330 e. The molecular weight excluding hydrogens is 136 g/mol. The fraction of sp³-hybridized carbons (Fsp3) is 1.00. The highest BCUT2D eigenvalue weighted by Crippen LogP contribution is 1.77. The molecule has 0 heterocycles. The Labute approximate surface area is 72.4 Å². The molecule has 0 atom stereocenters. The molecule has 0 bridgehead atoms. The number of rotatable bonds is 2. The molecule has 0 aliphatic carbocycles. The second kappa shape index (κ2) is 22.5. The number of nitrogens with two attached hydrogens (primary N) is 2. The van der Waals surface area contributed by atoms with Crippen LogP contribution in [0.1, 0.15) is 47.5 Å². The highest BCUT2D eigenvalue weighted by atomic mass is 14.6. The van der Waals surface area contributed by atoms with Crippen LogP contribution < -0.4 is 11.5 Å². The van der Waals surface area contributed by atoms with E-state index in [-0.39, 0.29) is 0 Å². The summed E-state index contributed by atoms with van der Waals surface area (Å²) < 4.78 is 0. The summed E-state index contributed by atoms with van der Waals surface area (Å²) in [6.45, 7) is 10.9. The summed E-state index contributed by atoms with van der Waals surface area (Å²) >= 11 is 0. The van der Waals surface area contributed by atoms with Crippen molar-refractivity contribution in [3.63, 3.8) is 0 Å². The molecule has 0 fully saturated rings. The van der Waals surface area contributed by atoms with Gasteiger partial charge in [0.2, 0.25) is 0 Å². The third kappa shape index (κ3) is 169. The van der Waals surface area contributed by atoms with Gasteiger partial charge >= 0.3 is 0 Å². The molecule has 72 valence electrons. The van der Waals surface area contributed by atoms with Crippen molar-refractivity contribution >= 4 is 0 Å². The lowest BCUT2D eigenvalue weighted by atomic mass is 10.3. The quantitative estimate of drug-likeness (QED) is 0.653. The molecule has 0 aromatic carbocycles. The van der Waals surface area contributed by atoms with E-state index in [1.54, 1.807) is 0 Å². The molecule has 0 rings (SSSR count). The van der Waals surface area contributed by atoms with E-state index >= 15 is 0 Å². The predicted molar refractivity (Wildman–Crippen MR) is 54.6 cm³/mol. The zero-order chi connectivity index (χ0) is 9.70. The fourth-order valence-corrected chi connectivity index (χ4v) is 0.204. The van der Waals surface area contributed by atoms with Crippen molar-refractivity contribution in [3.05, 3.63) is 0 Å². The Hall–Kier alpha value is -0.0800. The van der Waals surface area contributed by atoms with Crippen molar-refractivity contribution in [2.24, 2.45) is 11.5 Å². The van der Waals surface area contributed by atoms with E-state index < -0.39 is 0 Å². The maximum Gasteiger partial charge on any atom is -0.00179 e. The molecular formula is C9H26N2. The summed E-state index contributed by atoms with van der Waals surface area (Å²) in [5.74, 6) is 0. The SMILES string of the molecule is CC.CC(C)N.CCCCN. The number of hydrogen-bond acceptors (Lipinski definition) is 2. The monoisotopic (exact) mass is 162 g/mol. The Morgan fingerprint density at radius 1 is 1.18 bits per heavy atom. The van der Waals surface area contributed by atoms with Crippen molar-refractivity contribution in [2.75, 3.05) is 6.54 Å². The van der Waals surface area contributed by atoms with Crippen molar-refractivity contribution in [3.8, 4) is 0 Å². The van der Waals surface area contributed by atoms with Gasteiger partial charge < -0.3 is 11.5 Å². The molecule has 0 saturated carbocycles. The van der Waals surface area contributed by atoms with Crippen LogP contribution in [0.4, 0.5) is 0 Å². The summed E-state index contributed by atoms with van der Waals surface area (Å²) in [6.07, 6.45) is 2.39. The normalized spacial score (nSPS) is 7.64. The molecule has 0 unspecified atom stereocenters. The molecule has 0 aromatic heterocycles. The van der Waals surface area contributed by atoms with Gasteiger partial charge in [-0.2, -0.15) is 0 Å². The van der Waals surface area contributed by atoms with Gasteiger partial charge in [-0.05, 0) is 19.0 Å². The van der Waals surface area contributed by atoms with E-state index in [2.05, 4.69) is 6.92 Å². The summed E-state index contributed by atoms with van der Waals surface area (Å²) in [5.41, 5.74) is 10.3. The van der Waals surface area contributed by atoms with Crippen LogP contribution in [0.25, 0.3) is 0 Å². The lowest BCUT2D eigenvalue weighted by molar-refractivity contribution is 0.807. The van der Waals surface area contributed by atoms with Gasteiger partial charge in [0.15, 0.2) is 0 Å². The first-order valence-electron chi connectivity index (χ1n) is 4.60. The van der Waals surface area contributed by atoms with E-state index in [1.165, 1.54) is 12.8 Å². The molecule has 2 heteroatoms. The van der Waals surface area contributed by atoms with Crippen molar-refractivity contribution < 1.29 is 0 Å². The van der Waals surface area contributed by atoms with E-state index in [1.807, 2.05) is 27.7 Å². The van der Waals surface area contributed by atoms with Gasteiger partial charge in [0.25, 0.3) is 0 Å². The summed E-state index contributed by atoms with van der Waals surface area (Å²) in [4.78, 5) is 0. The average molecular weight is 162 g/mol. The first-order valence-corrected chi connectivity index (χ1v) is 4.60. The van der Waals surface area contributed by atoms with Crippen LogP contribution in [0.5, 0.6) is 0 Å². The highest BCUT2D eigenvalue weighted by Gasteiger charge is 1.68. The first-order chi connectivity index (χ1) is 5.15. The minimum Gasteiger partial charge on any atom is -0.330 e. The van der Waals surface area contributed by atoms with Gasteiger partial charge in [0.1, 0.15) is 0 Å². The van der Waals surface area contributed by atoms with Gasteiger partial charge in [0, 0.05) is 0 Å². The summed E-state index contributed by atoms with van der Waals surface area (Å²) in [5, 5.41) is 0. The van der Waals surface area contributed by atoms with Crippen LogP contribution >= 0.6 is 0 Å². The van der Waals surface area contributed by atoms with Crippen LogP contribution in [-0.4, -0.2) is 12.6 Å². The lowest BCUT2D eigenvalue weighted by Gasteiger charge is -1.81. The fourth-order valence-electron chi connectivity index (χ4n) is 0.204. The van der Waals surface area contributed by atoms with Gasteiger partial charge in [-0.15, -0.1) is 0 Å². The first kappa shape index (κ1) is 17.1. The van der Waals surface area contributed by atoms with E-state index in [4.69, 9.17) is 11.5 Å². The summed E-state index contributed by atoms with van der Waals surface area (Å²) in [6, 6.07) is 0.333. The Bertz CT molecular complexity index is 31.8. The summed E-state index contributed by atoms with van der Waals surface area (Å²) in [7, 11) is 0. The molecule has 0 amide bonds. The lowest BCUT2D eigenvalue weighted by Crippen LogP contribution is -2.06. The van der Waals surface area contributed by atoms with Gasteiger partial charge in [0.05, 0.1) is 0 Å². The third-order valence-corrected chi connectivity index (χ3v) is 0.558. The van der Waals surface area contributed by atoms with Crippen molar-refractivity contribution in [2.45, 2.75) is 53.5 Å². The third-order valence-electron chi connectivity index (χ3n) is 0.558. The Morgan fingerprint density at radius 3 is 1.45 bits per heavy atom. The van der Waals surface area contributed by atoms with Crippen molar-refractivity contribution in [1.29, 1.82) is 0 Å². The molecule has 4 N–H and O–H groups in total. The molecule has 0 aromatic rings. The van der Waals surface area contributed by atoms with Crippen LogP contribution in [0.3, 0.4) is 0 Å². The molecule has 0 radical (unpaired) electrons. The van der Waals surface area contributed by atoms with Gasteiger partial charge in [-0.1, -0.05) is 41.0 Å². The number of unbranched alkanes of at least 4 members (excludes halogenated alkanes) is 1. The minimum absolute atomic E-state index is 0.333. The predicted octanol–water partition coefficient (Wildman–Crippen LogP) is 2.12. The van der Waals surface area contributed by atoms with Gasteiger partial charge in [-0.3, -0.25) is 0 Å². The maximum absolute atomic E-state index is 5.14.